The van der Waals surface area contributed by atoms with Crippen LogP contribution >= 0.6 is 0 Å². The molecule has 2 amide bonds. The van der Waals surface area contributed by atoms with Crippen LogP contribution in [0.2, 0.25) is 0 Å². The quantitative estimate of drug-likeness (QED) is 0.637. The van der Waals surface area contributed by atoms with Crippen molar-refractivity contribution in [2.75, 3.05) is 33.4 Å². The SMILES string of the molecule is CNCCCC(=O)N1CCOCC1C(=O)NC1CC1. The summed E-state index contributed by atoms with van der Waals surface area (Å²) < 4.78 is 5.34. The number of rotatable bonds is 6. The van der Waals surface area contributed by atoms with Crippen LogP contribution < -0.4 is 10.6 Å². The summed E-state index contributed by atoms with van der Waals surface area (Å²) >= 11 is 0. The van der Waals surface area contributed by atoms with Gasteiger partial charge >= 0.3 is 0 Å². The average molecular weight is 269 g/mol. The van der Waals surface area contributed by atoms with Gasteiger partial charge in [0.1, 0.15) is 6.04 Å². The van der Waals surface area contributed by atoms with Crippen LogP contribution in [0, 0.1) is 0 Å². The molecule has 0 spiro atoms. The maximum Gasteiger partial charge on any atom is 0.245 e. The molecule has 0 aromatic carbocycles. The number of morpholine rings is 1. The Hall–Kier alpha value is -1.14. The number of carbonyl (C=O) groups excluding carboxylic acids is 2. The summed E-state index contributed by atoms with van der Waals surface area (Å²) in [6.07, 6.45) is 3.38. The van der Waals surface area contributed by atoms with Crippen molar-refractivity contribution in [2.24, 2.45) is 0 Å². The van der Waals surface area contributed by atoms with Crippen molar-refractivity contribution >= 4 is 11.8 Å². The molecule has 0 aromatic heterocycles. The second kappa shape index (κ2) is 6.86. The molecule has 2 rings (SSSR count). The first-order valence-electron chi connectivity index (χ1n) is 7.04. The van der Waals surface area contributed by atoms with Gasteiger partial charge in [0.15, 0.2) is 0 Å². The number of hydrogen-bond donors (Lipinski definition) is 2. The van der Waals surface area contributed by atoms with E-state index in [1.54, 1.807) is 4.90 Å². The molecule has 108 valence electrons. The van der Waals surface area contributed by atoms with E-state index in [0.717, 1.165) is 25.8 Å². The topological polar surface area (TPSA) is 70.7 Å². The van der Waals surface area contributed by atoms with E-state index in [2.05, 4.69) is 10.6 Å². The molecule has 6 heteroatoms. The highest BCUT2D eigenvalue weighted by molar-refractivity contribution is 5.88. The molecule has 0 bridgehead atoms. The first-order chi connectivity index (χ1) is 9.22. The molecule has 1 atom stereocenters. The Morgan fingerprint density at radius 3 is 2.84 bits per heavy atom. The third kappa shape index (κ3) is 4.18. The lowest BCUT2D eigenvalue weighted by Gasteiger charge is -2.34. The van der Waals surface area contributed by atoms with Gasteiger partial charge in [-0.15, -0.1) is 0 Å². The molecule has 1 heterocycles. The van der Waals surface area contributed by atoms with Gasteiger partial charge in [0, 0.05) is 19.0 Å². The summed E-state index contributed by atoms with van der Waals surface area (Å²) in [4.78, 5) is 25.9. The molecular formula is C13H23N3O3. The van der Waals surface area contributed by atoms with E-state index in [9.17, 15) is 9.59 Å². The predicted molar refractivity (Wildman–Crippen MR) is 70.6 cm³/mol. The Bertz CT molecular complexity index is 331. The summed E-state index contributed by atoms with van der Waals surface area (Å²) in [6, 6.07) is -0.132. The molecule has 1 aliphatic carbocycles. The van der Waals surface area contributed by atoms with Crippen LogP contribution in [0.3, 0.4) is 0 Å². The van der Waals surface area contributed by atoms with Gasteiger partial charge in [-0.25, -0.2) is 0 Å². The van der Waals surface area contributed by atoms with E-state index in [1.165, 1.54) is 0 Å². The second-order valence-electron chi connectivity index (χ2n) is 5.17. The smallest absolute Gasteiger partial charge is 0.245 e. The molecule has 1 saturated carbocycles. The zero-order valence-corrected chi connectivity index (χ0v) is 11.5. The Kier molecular flexibility index (Phi) is 5.15. The Morgan fingerprint density at radius 2 is 2.16 bits per heavy atom. The molecular weight excluding hydrogens is 246 g/mol. The van der Waals surface area contributed by atoms with Crippen LogP contribution in [0.25, 0.3) is 0 Å². The number of nitrogens with zero attached hydrogens (tertiary/aromatic N) is 1. The van der Waals surface area contributed by atoms with Crippen LogP contribution in [0.5, 0.6) is 0 Å². The molecule has 0 aromatic rings. The first kappa shape index (κ1) is 14.3. The van der Waals surface area contributed by atoms with Crippen molar-refractivity contribution in [3.8, 4) is 0 Å². The zero-order chi connectivity index (χ0) is 13.7. The fraction of sp³-hybridized carbons (Fsp3) is 0.846. The number of carbonyl (C=O) groups is 2. The number of nitrogens with one attached hydrogen (secondary N) is 2. The Labute approximate surface area is 113 Å². The summed E-state index contributed by atoms with van der Waals surface area (Å²) in [7, 11) is 1.87. The van der Waals surface area contributed by atoms with Gasteiger partial charge in [-0.3, -0.25) is 9.59 Å². The van der Waals surface area contributed by atoms with E-state index < -0.39 is 6.04 Å². The minimum absolute atomic E-state index is 0.0505. The van der Waals surface area contributed by atoms with Gasteiger partial charge < -0.3 is 20.3 Å². The van der Waals surface area contributed by atoms with Crippen molar-refractivity contribution in [3.05, 3.63) is 0 Å². The van der Waals surface area contributed by atoms with E-state index in [-0.39, 0.29) is 11.8 Å². The summed E-state index contributed by atoms with van der Waals surface area (Å²) in [5.74, 6) is -0.0151. The normalized spacial score (nSPS) is 23.2. The second-order valence-corrected chi connectivity index (χ2v) is 5.17. The van der Waals surface area contributed by atoms with Gasteiger partial charge in [-0.2, -0.15) is 0 Å². The summed E-state index contributed by atoms with van der Waals surface area (Å²) in [6.45, 7) is 2.16. The average Bonchev–Trinajstić information content (AvgIpc) is 3.23. The molecule has 6 nitrogen and oxygen atoms in total. The molecule has 1 aliphatic heterocycles. The van der Waals surface area contributed by atoms with Gasteiger partial charge in [0.25, 0.3) is 0 Å². The molecule has 2 N–H and O–H groups in total. The van der Waals surface area contributed by atoms with Crippen LogP contribution in [0.15, 0.2) is 0 Å². The number of hydrogen-bond acceptors (Lipinski definition) is 4. The van der Waals surface area contributed by atoms with Crippen LogP contribution in [-0.4, -0.2) is 62.1 Å². The molecule has 1 unspecified atom stereocenters. The standard InChI is InChI=1S/C13H23N3O3/c1-14-6-2-3-12(17)16-7-8-19-9-11(16)13(18)15-10-4-5-10/h10-11,14H,2-9H2,1H3,(H,15,18). The zero-order valence-electron chi connectivity index (χ0n) is 11.5. The fourth-order valence-corrected chi connectivity index (χ4v) is 2.20. The highest BCUT2D eigenvalue weighted by atomic mass is 16.5. The van der Waals surface area contributed by atoms with Gasteiger partial charge in [0.05, 0.1) is 13.2 Å². The minimum atomic E-state index is -0.448. The molecule has 2 aliphatic rings. The first-order valence-corrected chi connectivity index (χ1v) is 7.04. The lowest BCUT2D eigenvalue weighted by molar-refractivity contribution is -0.148. The maximum atomic E-state index is 12.2. The molecule has 0 radical (unpaired) electrons. The van der Waals surface area contributed by atoms with Crippen LogP contribution in [0.4, 0.5) is 0 Å². The number of ether oxygens (including phenoxy) is 1. The lowest BCUT2D eigenvalue weighted by atomic mass is 10.1. The van der Waals surface area contributed by atoms with E-state index in [4.69, 9.17) is 4.74 Å². The predicted octanol–water partition coefficient (Wildman–Crippen LogP) is -0.508. The van der Waals surface area contributed by atoms with E-state index in [1.807, 2.05) is 7.05 Å². The van der Waals surface area contributed by atoms with Gasteiger partial charge in [-0.05, 0) is 32.9 Å². The number of amides is 2. The lowest BCUT2D eigenvalue weighted by Crippen LogP contribution is -2.56. The minimum Gasteiger partial charge on any atom is -0.377 e. The van der Waals surface area contributed by atoms with Gasteiger partial charge in [-0.1, -0.05) is 0 Å². The Morgan fingerprint density at radius 1 is 1.37 bits per heavy atom. The monoisotopic (exact) mass is 269 g/mol. The van der Waals surface area contributed by atoms with Crippen molar-refractivity contribution in [3.63, 3.8) is 0 Å². The van der Waals surface area contributed by atoms with Crippen molar-refractivity contribution < 1.29 is 14.3 Å². The Balaban J connectivity index is 1.86. The molecule has 2 fully saturated rings. The summed E-state index contributed by atoms with van der Waals surface area (Å²) in [5.41, 5.74) is 0. The van der Waals surface area contributed by atoms with E-state index >= 15 is 0 Å². The fourth-order valence-electron chi connectivity index (χ4n) is 2.20. The van der Waals surface area contributed by atoms with E-state index in [0.29, 0.717) is 32.2 Å². The van der Waals surface area contributed by atoms with Gasteiger partial charge in [0.2, 0.25) is 11.8 Å². The third-order valence-corrected chi connectivity index (χ3v) is 3.49. The highest BCUT2D eigenvalue weighted by Gasteiger charge is 2.35. The van der Waals surface area contributed by atoms with Crippen molar-refractivity contribution in [2.45, 2.75) is 37.8 Å². The third-order valence-electron chi connectivity index (χ3n) is 3.49. The van der Waals surface area contributed by atoms with Crippen molar-refractivity contribution in [1.29, 1.82) is 0 Å². The largest absolute Gasteiger partial charge is 0.377 e. The highest BCUT2D eigenvalue weighted by Crippen LogP contribution is 2.20. The van der Waals surface area contributed by atoms with Crippen molar-refractivity contribution in [1.82, 2.24) is 15.5 Å². The molecule has 19 heavy (non-hydrogen) atoms. The molecule has 1 saturated heterocycles. The maximum absolute atomic E-state index is 12.2. The van der Waals surface area contributed by atoms with Crippen LogP contribution in [-0.2, 0) is 14.3 Å². The van der Waals surface area contributed by atoms with Crippen LogP contribution in [0.1, 0.15) is 25.7 Å². The summed E-state index contributed by atoms with van der Waals surface area (Å²) in [5, 5.41) is 5.97.